The fourth-order valence-corrected chi connectivity index (χ4v) is 2.69. The Morgan fingerprint density at radius 3 is 2.88 bits per heavy atom. The van der Waals surface area contributed by atoms with Crippen LogP contribution < -0.4 is 4.74 Å². The molecule has 0 radical (unpaired) electrons. The smallest absolute Gasteiger partial charge is 0.136 e. The molecular weight excluding hydrogens is 214 g/mol. The highest BCUT2D eigenvalue weighted by Gasteiger charge is 2.45. The molecule has 3 nitrogen and oxygen atoms in total. The van der Waals surface area contributed by atoms with E-state index in [9.17, 15) is 10.1 Å². The normalized spacial score (nSPS) is 24.5. The minimum Gasteiger partial charge on any atom is -0.490 e. The summed E-state index contributed by atoms with van der Waals surface area (Å²) in [5.74, 6) is 1.09. The molecule has 1 heterocycles. The Balaban J connectivity index is 1.98. The van der Waals surface area contributed by atoms with E-state index in [0.29, 0.717) is 12.8 Å². The van der Waals surface area contributed by atoms with Crippen molar-refractivity contribution in [2.24, 2.45) is 0 Å². The molecule has 1 aliphatic carbocycles. The van der Waals surface area contributed by atoms with Gasteiger partial charge in [-0.05, 0) is 24.1 Å². The Morgan fingerprint density at radius 2 is 2.24 bits per heavy atom. The third-order valence-corrected chi connectivity index (χ3v) is 3.66. The fourth-order valence-electron chi connectivity index (χ4n) is 2.69. The van der Waals surface area contributed by atoms with Crippen molar-refractivity contribution < 1.29 is 9.53 Å². The van der Waals surface area contributed by atoms with Crippen molar-refractivity contribution in [1.82, 2.24) is 0 Å². The first kappa shape index (κ1) is 10.3. The van der Waals surface area contributed by atoms with Crippen molar-refractivity contribution in [3.63, 3.8) is 0 Å². The molecule has 0 bridgehead atoms. The zero-order valence-electron chi connectivity index (χ0n) is 9.69. The molecule has 17 heavy (non-hydrogen) atoms. The van der Waals surface area contributed by atoms with Gasteiger partial charge < -0.3 is 4.74 Å². The Bertz CT molecular complexity index is 534. The number of rotatable bonds is 1. The Hall–Kier alpha value is -1.82. The average molecular weight is 227 g/mol. The molecule has 1 saturated carbocycles. The molecule has 1 fully saturated rings. The summed E-state index contributed by atoms with van der Waals surface area (Å²) in [4.78, 5) is 11.2. The molecule has 1 aromatic rings. The highest BCUT2D eigenvalue weighted by atomic mass is 16.5. The van der Waals surface area contributed by atoms with Crippen LogP contribution in [-0.2, 0) is 16.6 Å². The fraction of sp³-hybridized carbons (Fsp3) is 0.429. The number of carbonyl (C=O) groups is 1. The van der Waals surface area contributed by atoms with Gasteiger partial charge in [-0.15, -0.1) is 0 Å². The summed E-state index contributed by atoms with van der Waals surface area (Å²) >= 11 is 0. The van der Waals surface area contributed by atoms with Crippen molar-refractivity contribution in [1.29, 1.82) is 5.26 Å². The van der Waals surface area contributed by atoms with Gasteiger partial charge in [0.05, 0.1) is 11.5 Å². The maximum absolute atomic E-state index is 11.2. The second kappa shape index (κ2) is 3.33. The van der Waals surface area contributed by atoms with Crippen LogP contribution in [0.4, 0.5) is 0 Å². The van der Waals surface area contributed by atoms with Gasteiger partial charge in [-0.25, -0.2) is 0 Å². The number of Topliss-reactive ketones (excluding diaryl/α,β-unsaturated/α-hetero) is 1. The van der Waals surface area contributed by atoms with Gasteiger partial charge in [0.25, 0.3) is 0 Å². The molecule has 0 spiro atoms. The van der Waals surface area contributed by atoms with E-state index < -0.39 is 5.41 Å². The minimum absolute atomic E-state index is 0.177. The summed E-state index contributed by atoms with van der Waals surface area (Å²) in [7, 11) is 0. The lowest BCUT2D eigenvalue weighted by Gasteiger charge is -2.34. The van der Waals surface area contributed by atoms with E-state index in [2.05, 4.69) is 6.07 Å². The van der Waals surface area contributed by atoms with Gasteiger partial charge in [0.15, 0.2) is 0 Å². The highest BCUT2D eigenvalue weighted by Crippen LogP contribution is 2.42. The summed E-state index contributed by atoms with van der Waals surface area (Å²) in [5, 5.41) is 9.27. The maximum atomic E-state index is 11.2. The lowest BCUT2D eigenvalue weighted by molar-refractivity contribution is -0.126. The highest BCUT2D eigenvalue weighted by molar-refractivity contribution is 5.90. The molecular formula is C14H13NO2. The lowest BCUT2D eigenvalue weighted by atomic mass is 9.64. The minimum atomic E-state index is -0.571. The third-order valence-electron chi connectivity index (χ3n) is 3.66. The summed E-state index contributed by atoms with van der Waals surface area (Å²) in [6.45, 7) is 2.03. The number of nitrogens with zero attached hydrogens (tertiary/aromatic N) is 1. The van der Waals surface area contributed by atoms with Gasteiger partial charge >= 0.3 is 0 Å². The Kier molecular flexibility index (Phi) is 2.03. The number of carbonyl (C=O) groups excluding carboxylic acids is 1. The average Bonchev–Trinajstić information content (AvgIpc) is 2.63. The van der Waals surface area contributed by atoms with Gasteiger partial charge in [-0.2, -0.15) is 5.26 Å². The van der Waals surface area contributed by atoms with E-state index in [0.717, 1.165) is 23.3 Å². The van der Waals surface area contributed by atoms with Crippen LogP contribution >= 0.6 is 0 Å². The molecule has 0 saturated heterocycles. The molecule has 0 N–H and O–H groups in total. The van der Waals surface area contributed by atoms with Crippen molar-refractivity contribution in [3.8, 4) is 11.8 Å². The van der Waals surface area contributed by atoms with E-state index in [1.165, 1.54) is 0 Å². The van der Waals surface area contributed by atoms with Crippen LogP contribution in [0.2, 0.25) is 0 Å². The first-order valence-corrected chi connectivity index (χ1v) is 5.86. The standard InChI is InChI=1S/C14H13NO2/c1-9-4-10-5-11(2-3-13(10)17-9)14(8-15)6-12(16)7-14/h2-3,5,9H,4,6-7H2,1H3. The van der Waals surface area contributed by atoms with E-state index in [1.54, 1.807) is 0 Å². The lowest BCUT2D eigenvalue weighted by Crippen LogP contribution is -2.40. The number of fused-ring (bicyclic) bond motifs is 1. The zero-order chi connectivity index (χ0) is 12.0. The van der Waals surface area contributed by atoms with E-state index in [4.69, 9.17) is 4.74 Å². The van der Waals surface area contributed by atoms with Gasteiger partial charge in [0, 0.05) is 19.3 Å². The predicted octanol–water partition coefficient (Wildman–Crippen LogP) is 2.13. The molecule has 3 heteroatoms. The Morgan fingerprint density at radius 1 is 1.47 bits per heavy atom. The van der Waals surface area contributed by atoms with Crippen LogP contribution in [-0.4, -0.2) is 11.9 Å². The third kappa shape index (κ3) is 1.44. The van der Waals surface area contributed by atoms with Crippen LogP contribution in [0, 0.1) is 11.3 Å². The van der Waals surface area contributed by atoms with Gasteiger partial charge in [0.1, 0.15) is 17.6 Å². The monoisotopic (exact) mass is 227 g/mol. The summed E-state index contributed by atoms with van der Waals surface area (Å²) < 4.78 is 5.63. The number of hydrogen-bond acceptors (Lipinski definition) is 3. The quantitative estimate of drug-likeness (QED) is 0.738. The van der Waals surface area contributed by atoms with Crippen molar-refractivity contribution in [3.05, 3.63) is 29.3 Å². The van der Waals surface area contributed by atoms with Crippen LogP contribution in [0.5, 0.6) is 5.75 Å². The largest absolute Gasteiger partial charge is 0.490 e. The number of benzene rings is 1. The first-order chi connectivity index (χ1) is 8.13. The number of nitriles is 1. The van der Waals surface area contributed by atoms with Crippen molar-refractivity contribution in [2.45, 2.75) is 37.7 Å². The Labute approximate surface area is 100 Å². The topological polar surface area (TPSA) is 50.1 Å². The molecule has 86 valence electrons. The number of ether oxygens (including phenoxy) is 1. The van der Waals surface area contributed by atoms with Gasteiger partial charge in [-0.3, -0.25) is 4.79 Å². The van der Waals surface area contributed by atoms with E-state index in [-0.39, 0.29) is 11.9 Å². The summed E-state index contributed by atoms with van der Waals surface area (Å²) in [6, 6.07) is 8.19. The van der Waals surface area contributed by atoms with Crippen molar-refractivity contribution in [2.75, 3.05) is 0 Å². The van der Waals surface area contributed by atoms with Crippen molar-refractivity contribution >= 4 is 5.78 Å². The molecule has 2 aliphatic rings. The van der Waals surface area contributed by atoms with Gasteiger partial charge in [-0.1, -0.05) is 12.1 Å². The van der Waals surface area contributed by atoms with Crippen LogP contribution in [0.3, 0.4) is 0 Å². The number of ketones is 1. The SMILES string of the molecule is CC1Cc2cc(C3(C#N)CC(=O)C3)ccc2O1. The van der Waals surface area contributed by atoms with E-state index >= 15 is 0 Å². The first-order valence-electron chi connectivity index (χ1n) is 5.86. The molecule has 0 amide bonds. The molecule has 1 unspecified atom stereocenters. The number of hydrogen-bond donors (Lipinski definition) is 0. The molecule has 1 atom stereocenters. The summed E-state index contributed by atoms with van der Waals surface area (Å²) in [5.41, 5.74) is 1.55. The molecule has 3 rings (SSSR count). The zero-order valence-corrected chi connectivity index (χ0v) is 9.69. The van der Waals surface area contributed by atoms with E-state index in [1.807, 2.05) is 25.1 Å². The van der Waals surface area contributed by atoms with Crippen LogP contribution in [0.1, 0.15) is 30.9 Å². The predicted molar refractivity (Wildman–Crippen MR) is 61.8 cm³/mol. The molecule has 0 aromatic heterocycles. The van der Waals surface area contributed by atoms with Crippen LogP contribution in [0.25, 0.3) is 0 Å². The second-order valence-corrected chi connectivity index (χ2v) is 5.04. The molecule has 1 aromatic carbocycles. The second-order valence-electron chi connectivity index (χ2n) is 5.04. The van der Waals surface area contributed by atoms with Crippen LogP contribution in [0.15, 0.2) is 18.2 Å². The summed E-state index contributed by atoms with van der Waals surface area (Å²) in [6.07, 6.45) is 1.82. The van der Waals surface area contributed by atoms with Gasteiger partial charge in [0.2, 0.25) is 0 Å². The molecule has 1 aliphatic heterocycles. The maximum Gasteiger partial charge on any atom is 0.136 e.